The van der Waals surface area contributed by atoms with Crippen LogP contribution in [0.15, 0.2) is 77.3 Å². The van der Waals surface area contributed by atoms with Crippen molar-refractivity contribution in [3.05, 3.63) is 88.4 Å². The Hall–Kier alpha value is -2.39. The highest BCUT2D eigenvalue weighted by molar-refractivity contribution is 9.10. The molecule has 0 aliphatic heterocycles. The third-order valence-electron chi connectivity index (χ3n) is 4.27. The number of halogens is 1. The van der Waals surface area contributed by atoms with E-state index in [-0.39, 0.29) is 0 Å². The molecule has 0 saturated carbocycles. The van der Waals surface area contributed by atoms with Gasteiger partial charge in [-0.3, -0.25) is 0 Å². The Bertz CT molecular complexity index is 1020. The van der Waals surface area contributed by atoms with Gasteiger partial charge in [-0.15, -0.1) is 0 Å². The lowest BCUT2D eigenvalue weighted by atomic mass is 10.1. The summed E-state index contributed by atoms with van der Waals surface area (Å²) in [6.45, 7) is 2.93. The lowest BCUT2D eigenvalue weighted by Crippen LogP contribution is -2.03. The Morgan fingerprint density at radius 3 is 2.54 bits per heavy atom. The van der Waals surface area contributed by atoms with Crippen molar-refractivity contribution in [1.82, 2.24) is 9.55 Å². The first-order valence-electron chi connectivity index (χ1n) is 7.98. The van der Waals surface area contributed by atoms with Gasteiger partial charge >= 0.3 is 0 Å². The molecule has 118 valence electrons. The van der Waals surface area contributed by atoms with Gasteiger partial charge in [0.05, 0.1) is 11.0 Å². The van der Waals surface area contributed by atoms with E-state index in [1.807, 2.05) is 6.07 Å². The number of benzene rings is 3. The van der Waals surface area contributed by atoms with Gasteiger partial charge in [-0.05, 0) is 42.3 Å². The predicted molar refractivity (Wildman–Crippen MR) is 103 cm³/mol. The number of aromatic nitrogens is 2. The first kappa shape index (κ1) is 15.2. The van der Waals surface area contributed by atoms with Crippen molar-refractivity contribution in [3.63, 3.8) is 0 Å². The Kier molecular flexibility index (Phi) is 3.95. The summed E-state index contributed by atoms with van der Waals surface area (Å²) in [5.74, 6) is 1.02. The monoisotopic (exact) mass is 376 g/mol. The Balaban J connectivity index is 1.92. The van der Waals surface area contributed by atoms with Crippen molar-refractivity contribution in [2.75, 3.05) is 0 Å². The minimum Gasteiger partial charge on any atom is -0.319 e. The molecule has 0 unspecified atom stereocenters. The van der Waals surface area contributed by atoms with Crippen LogP contribution < -0.4 is 0 Å². The van der Waals surface area contributed by atoms with Gasteiger partial charge in [-0.25, -0.2) is 4.98 Å². The molecule has 0 aliphatic rings. The largest absolute Gasteiger partial charge is 0.319 e. The molecule has 0 fully saturated rings. The minimum absolute atomic E-state index is 0.795. The topological polar surface area (TPSA) is 17.8 Å². The van der Waals surface area contributed by atoms with Gasteiger partial charge in [0.1, 0.15) is 5.82 Å². The molecule has 3 heteroatoms. The predicted octanol–water partition coefficient (Wildman–Crippen LogP) is 5.82. The van der Waals surface area contributed by atoms with Crippen LogP contribution in [0.4, 0.5) is 0 Å². The average molecular weight is 377 g/mol. The van der Waals surface area contributed by atoms with Crippen molar-refractivity contribution in [2.24, 2.45) is 0 Å². The van der Waals surface area contributed by atoms with Gasteiger partial charge in [0, 0.05) is 16.6 Å². The normalized spacial score (nSPS) is 11.1. The van der Waals surface area contributed by atoms with Crippen molar-refractivity contribution >= 4 is 27.0 Å². The van der Waals surface area contributed by atoms with Gasteiger partial charge in [0.2, 0.25) is 0 Å². The van der Waals surface area contributed by atoms with Crippen LogP contribution in [0.3, 0.4) is 0 Å². The summed E-state index contributed by atoms with van der Waals surface area (Å²) in [6.07, 6.45) is 0. The van der Waals surface area contributed by atoms with Crippen molar-refractivity contribution in [3.8, 4) is 11.4 Å². The second-order valence-corrected chi connectivity index (χ2v) is 6.87. The van der Waals surface area contributed by atoms with Crippen LogP contribution in [-0.4, -0.2) is 9.55 Å². The van der Waals surface area contributed by atoms with Crippen LogP contribution in [0, 0.1) is 6.92 Å². The maximum Gasteiger partial charge on any atom is 0.141 e. The Morgan fingerprint density at radius 2 is 1.71 bits per heavy atom. The van der Waals surface area contributed by atoms with Crippen LogP contribution in [0.2, 0.25) is 0 Å². The fourth-order valence-corrected chi connectivity index (χ4v) is 3.53. The van der Waals surface area contributed by atoms with Crippen molar-refractivity contribution in [2.45, 2.75) is 13.5 Å². The average Bonchev–Trinajstić information content (AvgIpc) is 2.94. The van der Waals surface area contributed by atoms with Crippen molar-refractivity contribution < 1.29 is 0 Å². The van der Waals surface area contributed by atoms with Gasteiger partial charge < -0.3 is 4.57 Å². The molecular weight excluding hydrogens is 360 g/mol. The van der Waals surface area contributed by atoms with Crippen LogP contribution in [0.1, 0.15) is 11.1 Å². The molecule has 0 radical (unpaired) electrons. The van der Waals surface area contributed by atoms with Crippen LogP contribution in [0.25, 0.3) is 22.4 Å². The highest BCUT2D eigenvalue weighted by Crippen LogP contribution is 2.28. The third kappa shape index (κ3) is 2.76. The number of nitrogens with zero attached hydrogens (tertiary/aromatic N) is 2. The first-order chi connectivity index (χ1) is 11.7. The van der Waals surface area contributed by atoms with Crippen LogP contribution in [0.5, 0.6) is 0 Å². The summed E-state index contributed by atoms with van der Waals surface area (Å²) in [4.78, 5) is 4.91. The lowest BCUT2D eigenvalue weighted by molar-refractivity contribution is 0.833. The number of aryl methyl sites for hydroxylation is 1. The molecule has 0 bridgehead atoms. The highest BCUT2D eigenvalue weighted by atomic mass is 79.9. The lowest BCUT2D eigenvalue weighted by Gasteiger charge is -2.11. The summed E-state index contributed by atoms with van der Waals surface area (Å²) in [5, 5.41) is 0. The van der Waals surface area contributed by atoms with Gasteiger partial charge in [0.15, 0.2) is 0 Å². The maximum absolute atomic E-state index is 4.91. The zero-order valence-corrected chi connectivity index (χ0v) is 15.0. The van der Waals surface area contributed by atoms with Crippen LogP contribution in [-0.2, 0) is 6.54 Å². The molecular formula is C21H17BrN2. The smallest absolute Gasteiger partial charge is 0.141 e. The summed E-state index contributed by atoms with van der Waals surface area (Å²) < 4.78 is 3.40. The first-order valence-corrected chi connectivity index (χ1v) is 8.77. The van der Waals surface area contributed by atoms with Crippen molar-refractivity contribution in [1.29, 1.82) is 0 Å². The zero-order valence-electron chi connectivity index (χ0n) is 13.4. The van der Waals surface area contributed by atoms with E-state index in [0.29, 0.717) is 0 Å². The molecule has 0 spiro atoms. The molecule has 24 heavy (non-hydrogen) atoms. The highest BCUT2D eigenvalue weighted by Gasteiger charge is 2.14. The summed E-state index contributed by atoms with van der Waals surface area (Å²) >= 11 is 3.57. The fourth-order valence-electron chi connectivity index (χ4n) is 3.08. The molecule has 0 saturated heterocycles. The number of hydrogen-bond donors (Lipinski definition) is 0. The fraction of sp³-hybridized carbons (Fsp3) is 0.0952. The Morgan fingerprint density at radius 1 is 0.917 bits per heavy atom. The van der Waals surface area contributed by atoms with E-state index in [9.17, 15) is 0 Å². The molecule has 4 rings (SSSR count). The second kappa shape index (κ2) is 6.25. The number of hydrogen-bond acceptors (Lipinski definition) is 1. The molecule has 1 aromatic heterocycles. The standard InChI is InChI=1S/C21H17BrN2/c1-15-7-2-3-10-18(15)21-23-19-11-4-5-12-20(19)24(21)14-16-8-6-9-17(22)13-16/h2-13H,14H2,1H3. The van der Waals surface area contributed by atoms with E-state index in [1.54, 1.807) is 0 Å². The molecule has 3 aromatic carbocycles. The number of rotatable bonds is 3. The second-order valence-electron chi connectivity index (χ2n) is 5.96. The number of fused-ring (bicyclic) bond motifs is 1. The van der Waals surface area contributed by atoms with Gasteiger partial charge in [0.25, 0.3) is 0 Å². The van der Waals surface area contributed by atoms with E-state index in [2.05, 4.69) is 94.2 Å². The summed E-state index contributed by atoms with van der Waals surface area (Å²) in [7, 11) is 0. The summed E-state index contributed by atoms with van der Waals surface area (Å²) in [5.41, 5.74) is 5.87. The SMILES string of the molecule is Cc1ccccc1-c1nc2ccccc2n1Cc1cccc(Br)c1. The third-order valence-corrected chi connectivity index (χ3v) is 4.76. The minimum atomic E-state index is 0.795. The quantitative estimate of drug-likeness (QED) is 0.440. The van der Waals surface area contributed by atoms with Gasteiger partial charge in [-0.2, -0.15) is 0 Å². The van der Waals surface area contributed by atoms with E-state index < -0.39 is 0 Å². The molecule has 0 N–H and O–H groups in total. The molecule has 2 nitrogen and oxygen atoms in total. The van der Waals surface area contributed by atoms with E-state index in [4.69, 9.17) is 4.98 Å². The van der Waals surface area contributed by atoms with E-state index in [1.165, 1.54) is 16.7 Å². The van der Waals surface area contributed by atoms with Gasteiger partial charge in [-0.1, -0.05) is 64.5 Å². The molecule has 4 aromatic rings. The molecule has 0 aliphatic carbocycles. The van der Waals surface area contributed by atoms with E-state index >= 15 is 0 Å². The zero-order chi connectivity index (χ0) is 16.5. The number of para-hydroxylation sites is 2. The van der Waals surface area contributed by atoms with E-state index in [0.717, 1.165) is 27.9 Å². The molecule has 0 atom stereocenters. The number of imidazole rings is 1. The molecule has 0 amide bonds. The van der Waals surface area contributed by atoms with Crippen LogP contribution >= 0.6 is 15.9 Å². The maximum atomic E-state index is 4.91. The molecule has 1 heterocycles. The summed E-state index contributed by atoms with van der Waals surface area (Å²) in [6, 6.07) is 25.2. The Labute approximate surface area is 149 Å².